The minimum Gasteiger partial charge on any atom is -0.497 e. The minimum atomic E-state index is -0.393. The van der Waals surface area contributed by atoms with E-state index < -0.39 is 5.82 Å². The molecule has 26 heavy (non-hydrogen) atoms. The zero-order valence-electron chi connectivity index (χ0n) is 14.7. The summed E-state index contributed by atoms with van der Waals surface area (Å²) >= 11 is 0. The second-order valence-corrected chi connectivity index (χ2v) is 6.04. The average molecular weight is 353 g/mol. The molecule has 0 atom stereocenters. The summed E-state index contributed by atoms with van der Waals surface area (Å²) in [5, 5.41) is 2.16. The number of carbonyl (C=O) groups excluding carboxylic acids is 1. The number of ether oxygens (including phenoxy) is 2. The topological polar surface area (TPSA) is 38.8 Å². The summed E-state index contributed by atoms with van der Waals surface area (Å²) in [5.74, 6) is 0.582. The van der Waals surface area contributed by atoms with Gasteiger partial charge in [-0.1, -0.05) is 24.3 Å². The highest BCUT2D eigenvalue weighted by Crippen LogP contribution is 2.22. The van der Waals surface area contributed by atoms with E-state index >= 15 is 0 Å². The first-order valence-electron chi connectivity index (χ1n) is 8.24. The molecule has 1 amide bonds. The van der Waals surface area contributed by atoms with Gasteiger partial charge in [0, 0.05) is 19.7 Å². The average Bonchev–Trinajstić information content (AvgIpc) is 2.65. The lowest BCUT2D eigenvalue weighted by molar-refractivity contribution is -0.132. The molecule has 0 heterocycles. The van der Waals surface area contributed by atoms with E-state index in [2.05, 4.69) is 0 Å². The smallest absolute Gasteiger partial charge is 0.260 e. The standard InChI is InChI=1S/C21H20FNO3/c1-23(21(24)14-26-20-5-3-4-18(22)12-20)13-15-6-7-17-11-19(25-2)9-8-16(17)10-15/h3-12H,13-14H2,1-2H3. The zero-order chi connectivity index (χ0) is 18.5. The fourth-order valence-corrected chi connectivity index (χ4v) is 2.67. The Morgan fingerprint density at radius 2 is 1.77 bits per heavy atom. The van der Waals surface area contributed by atoms with Gasteiger partial charge in [-0.2, -0.15) is 0 Å². The monoisotopic (exact) mass is 353 g/mol. The Morgan fingerprint density at radius 3 is 2.54 bits per heavy atom. The zero-order valence-corrected chi connectivity index (χ0v) is 14.7. The Hall–Kier alpha value is -3.08. The lowest BCUT2D eigenvalue weighted by Gasteiger charge is -2.18. The summed E-state index contributed by atoms with van der Waals surface area (Å²) in [5.41, 5.74) is 1.02. The molecule has 4 nitrogen and oxygen atoms in total. The summed E-state index contributed by atoms with van der Waals surface area (Å²) in [6, 6.07) is 17.7. The number of rotatable bonds is 6. The number of carbonyl (C=O) groups is 1. The number of halogens is 1. The van der Waals surface area contributed by atoms with Crippen molar-refractivity contribution in [1.29, 1.82) is 0 Å². The third-order valence-electron chi connectivity index (χ3n) is 4.12. The largest absolute Gasteiger partial charge is 0.497 e. The minimum absolute atomic E-state index is 0.134. The molecule has 0 aliphatic carbocycles. The van der Waals surface area contributed by atoms with Gasteiger partial charge in [-0.25, -0.2) is 4.39 Å². The molecule has 0 aliphatic heterocycles. The molecule has 134 valence electrons. The van der Waals surface area contributed by atoms with Crippen molar-refractivity contribution in [2.75, 3.05) is 20.8 Å². The van der Waals surface area contributed by atoms with Crippen LogP contribution in [0.4, 0.5) is 4.39 Å². The van der Waals surface area contributed by atoms with Crippen molar-refractivity contribution in [2.24, 2.45) is 0 Å². The molecular formula is C21H20FNO3. The van der Waals surface area contributed by atoms with Gasteiger partial charge >= 0.3 is 0 Å². The molecule has 3 aromatic rings. The van der Waals surface area contributed by atoms with Gasteiger partial charge < -0.3 is 14.4 Å². The van der Waals surface area contributed by atoms with Gasteiger partial charge in [0.1, 0.15) is 17.3 Å². The molecule has 0 fully saturated rings. The van der Waals surface area contributed by atoms with Crippen molar-refractivity contribution in [3.63, 3.8) is 0 Å². The van der Waals surface area contributed by atoms with Gasteiger partial charge in [0.25, 0.3) is 5.91 Å². The van der Waals surface area contributed by atoms with E-state index in [-0.39, 0.29) is 12.5 Å². The van der Waals surface area contributed by atoms with Crippen molar-refractivity contribution >= 4 is 16.7 Å². The number of methoxy groups -OCH3 is 1. The van der Waals surface area contributed by atoms with Crippen LogP contribution in [-0.2, 0) is 11.3 Å². The van der Waals surface area contributed by atoms with Crippen LogP contribution in [0.3, 0.4) is 0 Å². The highest BCUT2D eigenvalue weighted by molar-refractivity contribution is 5.84. The SMILES string of the molecule is COc1ccc2cc(CN(C)C(=O)COc3cccc(F)c3)ccc2c1. The molecule has 3 aromatic carbocycles. The summed E-state index contributed by atoms with van der Waals surface area (Å²) in [4.78, 5) is 13.8. The van der Waals surface area contributed by atoms with Crippen LogP contribution in [0.5, 0.6) is 11.5 Å². The number of hydrogen-bond donors (Lipinski definition) is 0. The molecule has 3 rings (SSSR count). The van der Waals surface area contributed by atoms with Crippen LogP contribution in [0.25, 0.3) is 10.8 Å². The Balaban J connectivity index is 1.62. The molecule has 0 saturated heterocycles. The number of nitrogens with zero attached hydrogens (tertiary/aromatic N) is 1. The molecule has 0 radical (unpaired) electrons. The number of benzene rings is 3. The molecule has 0 N–H and O–H groups in total. The third-order valence-corrected chi connectivity index (χ3v) is 4.12. The summed E-state index contributed by atoms with van der Waals surface area (Å²) in [7, 11) is 3.36. The Bertz CT molecular complexity index is 926. The van der Waals surface area contributed by atoms with Crippen molar-refractivity contribution in [1.82, 2.24) is 4.90 Å². The predicted molar refractivity (Wildman–Crippen MR) is 98.9 cm³/mol. The first-order chi connectivity index (χ1) is 12.5. The third kappa shape index (κ3) is 4.30. The van der Waals surface area contributed by atoms with E-state index in [9.17, 15) is 9.18 Å². The van der Waals surface area contributed by atoms with E-state index in [4.69, 9.17) is 9.47 Å². The molecule has 0 bridgehead atoms. The Morgan fingerprint density at radius 1 is 1.00 bits per heavy atom. The fraction of sp³-hybridized carbons (Fsp3) is 0.190. The summed E-state index contributed by atoms with van der Waals surface area (Å²) < 4.78 is 23.7. The van der Waals surface area contributed by atoms with Crippen molar-refractivity contribution < 1.29 is 18.7 Å². The number of amides is 1. The van der Waals surface area contributed by atoms with Crippen LogP contribution in [-0.4, -0.2) is 31.6 Å². The maximum atomic E-state index is 13.1. The normalized spacial score (nSPS) is 10.6. The second kappa shape index (κ2) is 7.87. The van der Waals surface area contributed by atoms with Gasteiger partial charge in [0.05, 0.1) is 7.11 Å². The van der Waals surface area contributed by atoms with Crippen LogP contribution in [0.15, 0.2) is 60.7 Å². The maximum Gasteiger partial charge on any atom is 0.260 e. The highest BCUT2D eigenvalue weighted by atomic mass is 19.1. The van der Waals surface area contributed by atoms with Crippen LogP contribution < -0.4 is 9.47 Å². The van der Waals surface area contributed by atoms with Gasteiger partial charge in [0.2, 0.25) is 0 Å². The molecular weight excluding hydrogens is 333 g/mol. The number of hydrogen-bond acceptors (Lipinski definition) is 3. The van der Waals surface area contributed by atoms with Crippen LogP contribution in [0.1, 0.15) is 5.56 Å². The van der Waals surface area contributed by atoms with Gasteiger partial charge in [0.15, 0.2) is 6.61 Å². The van der Waals surface area contributed by atoms with E-state index in [1.165, 1.54) is 12.1 Å². The molecule has 5 heteroatoms. The maximum absolute atomic E-state index is 13.1. The van der Waals surface area contributed by atoms with Crippen molar-refractivity contribution in [3.05, 3.63) is 72.0 Å². The van der Waals surface area contributed by atoms with E-state index in [0.29, 0.717) is 12.3 Å². The molecule has 0 unspecified atom stereocenters. The second-order valence-electron chi connectivity index (χ2n) is 6.04. The first kappa shape index (κ1) is 17.7. The molecule has 0 aromatic heterocycles. The highest BCUT2D eigenvalue weighted by Gasteiger charge is 2.11. The molecule has 0 spiro atoms. The van der Waals surface area contributed by atoms with Gasteiger partial charge in [-0.05, 0) is 46.7 Å². The Labute approximate surface area is 151 Å². The lowest BCUT2D eigenvalue weighted by Crippen LogP contribution is -2.30. The quantitative estimate of drug-likeness (QED) is 0.672. The van der Waals surface area contributed by atoms with Crippen LogP contribution in [0.2, 0.25) is 0 Å². The van der Waals surface area contributed by atoms with E-state index in [1.54, 1.807) is 31.2 Å². The lowest BCUT2D eigenvalue weighted by atomic mass is 10.1. The fourth-order valence-electron chi connectivity index (χ4n) is 2.67. The first-order valence-corrected chi connectivity index (χ1v) is 8.24. The predicted octanol–water partition coefficient (Wildman–Crippen LogP) is 4.02. The van der Waals surface area contributed by atoms with Gasteiger partial charge in [-0.15, -0.1) is 0 Å². The summed E-state index contributed by atoms with van der Waals surface area (Å²) in [6.45, 7) is 0.331. The Kier molecular flexibility index (Phi) is 5.37. The molecule has 0 aliphatic rings. The van der Waals surface area contributed by atoms with Crippen molar-refractivity contribution in [2.45, 2.75) is 6.54 Å². The van der Waals surface area contributed by atoms with Crippen LogP contribution >= 0.6 is 0 Å². The number of fused-ring (bicyclic) bond motifs is 1. The van der Waals surface area contributed by atoms with E-state index in [1.807, 2.05) is 36.4 Å². The number of likely N-dealkylation sites (N-methyl/N-ethyl adjacent to an activating group) is 1. The van der Waals surface area contributed by atoms with Crippen molar-refractivity contribution in [3.8, 4) is 11.5 Å². The van der Waals surface area contributed by atoms with E-state index in [0.717, 1.165) is 22.1 Å². The van der Waals surface area contributed by atoms with Gasteiger partial charge in [-0.3, -0.25) is 4.79 Å². The van der Waals surface area contributed by atoms with Crippen LogP contribution in [0, 0.1) is 5.82 Å². The summed E-state index contributed by atoms with van der Waals surface area (Å²) in [6.07, 6.45) is 0. The molecule has 0 saturated carbocycles.